The summed E-state index contributed by atoms with van der Waals surface area (Å²) >= 11 is 0. The number of ether oxygens (including phenoxy) is 1. The second-order valence-electron chi connectivity index (χ2n) is 5.51. The van der Waals surface area contributed by atoms with Gasteiger partial charge in [0.05, 0.1) is 0 Å². The SMILES string of the molecule is CC(C)(C)OC(=O)NC(Cc1cc(F)ccc1O)C(=O)O. The summed E-state index contributed by atoms with van der Waals surface area (Å²) in [5.41, 5.74) is -0.688. The summed E-state index contributed by atoms with van der Waals surface area (Å²) in [6, 6.07) is 1.85. The Bertz CT molecular complexity index is 539. The fraction of sp³-hybridized carbons (Fsp3) is 0.429. The van der Waals surface area contributed by atoms with Crippen molar-refractivity contribution in [2.24, 2.45) is 0 Å². The van der Waals surface area contributed by atoms with Gasteiger partial charge in [-0.3, -0.25) is 0 Å². The van der Waals surface area contributed by atoms with Crippen molar-refractivity contribution in [3.63, 3.8) is 0 Å². The Labute approximate surface area is 121 Å². The Balaban J connectivity index is 2.81. The van der Waals surface area contributed by atoms with Crippen molar-refractivity contribution >= 4 is 12.1 Å². The molecule has 0 saturated heterocycles. The van der Waals surface area contributed by atoms with E-state index in [0.717, 1.165) is 18.2 Å². The van der Waals surface area contributed by atoms with Gasteiger partial charge in [-0.15, -0.1) is 0 Å². The van der Waals surface area contributed by atoms with Gasteiger partial charge < -0.3 is 20.3 Å². The van der Waals surface area contributed by atoms with E-state index in [1.165, 1.54) is 0 Å². The first-order valence-electron chi connectivity index (χ1n) is 6.28. The van der Waals surface area contributed by atoms with Gasteiger partial charge in [0.15, 0.2) is 0 Å². The second-order valence-corrected chi connectivity index (χ2v) is 5.51. The lowest BCUT2D eigenvalue weighted by Crippen LogP contribution is -2.44. The minimum Gasteiger partial charge on any atom is -0.508 e. The summed E-state index contributed by atoms with van der Waals surface area (Å²) in [6.45, 7) is 4.92. The van der Waals surface area contributed by atoms with E-state index in [0.29, 0.717) is 0 Å². The zero-order valence-corrected chi connectivity index (χ0v) is 12.0. The van der Waals surface area contributed by atoms with Gasteiger partial charge in [0.25, 0.3) is 0 Å². The lowest BCUT2D eigenvalue weighted by molar-refractivity contribution is -0.139. The molecule has 7 heteroatoms. The van der Waals surface area contributed by atoms with Crippen LogP contribution in [0.1, 0.15) is 26.3 Å². The number of carboxylic acids is 1. The molecule has 0 aliphatic carbocycles. The van der Waals surface area contributed by atoms with Crippen LogP contribution in [0.15, 0.2) is 18.2 Å². The van der Waals surface area contributed by atoms with Gasteiger partial charge in [0.1, 0.15) is 23.2 Å². The summed E-state index contributed by atoms with van der Waals surface area (Å²) in [5.74, 6) is -2.16. The van der Waals surface area contributed by atoms with Crippen molar-refractivity contribution in [2.45, 2.75) is 38.8 Å². The monoisotopic (exact) mass is 299 g/mol. The van der Waals surface area contributed by atoms with Crippen LogP contribution in [-0.4, -0.2) is 33.9 Å². The van der Waals surface area contributed by atoms with E-state index in [4.69, 9.17) is 9.84 Å². The molecule has 0 saturated carbocycles. The van der Waals surface area contributed by atoms with Gasteiger partial charge in [-0.25, -0.2) is 14.0 Å². The number of nitrogens with one attached hydrogen (secondary N) is 1. The lowest BCUT2D eigenvalue weighted by atomic mass is 10.0. The van der Waals surface area contributed by atoms with Crippen molar-refractivity contribution in [1.82, 2.24) is 5.32 Å². The molecule has 3 N–H and O–H groups in total. The molecule has 1 aromatic rings. The van der Waals surface area contributed by atoms with Crippen LogP contribution >= 0.6 is 0 Å². The molecule has 0 bridgehead atoms. The highest BCUT2D eigenvalue weighted by molar-refractivity contribution is 5.80. The Morgan fingerprint density at radius 3 is 2.52 bits per heavy atom. The van der Waals surface area contributed by atoms with Gasteiger partial charge in [0, 0.05) is 6.42 Å². The van der Waals surface area contributed by atoms with Crippen LogP contribution in [0, 0.1) is 5.82 Å². The van der Waals surface area contributed by atoms with E-state index in [1.807, 2.05) is 0 Å². The maximum absolute atomic E-state index is 13.1. The molecular weight excluding hydrogens is 281 g/mol. The molecule has 0 aromatic heterocycles. The average molecular weight is 299 g/mol. The van der Waals surface area contributed by atoms with Crippen LogP contribution in [0.4, 0.5) is 9.18 Å². The zero-order valence-electron chi connectivity index (χ0n) is 12.0. The number of aliphatic carboxylic acids is 1. The fourth-order valence-electron chi connectivity index (χ4n) is 1.59. The first-order valence-corrected chi connectivity index (χ1v) is 6.28. The molecule has 1 aromatic carbocycles. The van der Waals surface area contributed by atoms with E-state index in [9.17, 15) is 19.1 Å². The highest BCUT2D eigenvalue weighted by atomic mass is 19.1. The summed E-state index contributed by atoms with van der Waals surface area (Å²) in [4.78, 5) is 22.7. The summed E-state index contributed by atoms with van der Waals surface area (Å²) in [7, 11) is 0. The molecule has 21 heavy (non-hydrogen) atoms. The van der Waals surface area contributed by atoms with Crippen molar-refractivity contribution in [3.05, 3.63) is 29.6 Å². The number of aromatic hydroxyl groups is 1. The highest BCUT2D eigenvalue weighted by Gasteiger charge is 2.25. The molecule has 0 radical (unpaired) electrons. The van der Waals surface area contributed by atoms with Gasteiger partial charge in [-0.1, -0.05) is 0 Å². The number of hydrogen-bond donors (Lipinski definition) is 3. The number of phenolic OH excluding ortho intramolecular Hbond substituents is 1. The number of hydrogen-bond acceptors (Lipinski definition) is 4. The predicted molar refractivity (Wildman–Crippen MR) is 72.6 cm³/mol. The van der Waals surface area contributed by atoms with Crippen molar-refractivity contribution in [1.29, 1.82) is 0 Å². The van der Waals surface area contributed by atoms with Crippen molar-refractivity contribution < 1.29 is 28.9 Å². The molecular formula is C14H18FNO5. The van der Waals surface area contributed by atoms with Crippen LogP contribution in [-0.2, 0) is 16.0 Å². The summed E-state index contributed by atoms with van der Waals surface area (Å²) in [5, 5.41) is 20.9. The van der Waals surface area contributed by atoms with E-state index >= 15 is 0 Å². The predicted octanol–water partition coefficient (Wildman–Crippen LogP) is 2.05. The molecule has 1 rings (SSSR count). The molecule has 0 heterocycles. The molecule has 0 spiro atoms. The number of rotatable bonds is 4. The number of carbonyl (C=O) groups excluding carboxylic acids is 1. The molecule has 1 atom stereocenters. The minimum atomic E-state index is -1.34. The minimum absolute atomic E-state index is 0.0819. The molecule has 6 nitrogen and oxygen atoms in total. The van der Waals surface area contributed by atoms with Crippen LogP contribution in [0.25, 0.3) is 0 Å². The number of carboxylic acid groups (broad SMARTS) is 1. The normalized spacial score (nSPS) is 12.6. The second kappa shape index (κ2) is 6.43. The van der Waals surface area contributed by atoms with Gasteiger partial charge in [-0.2, -0.15) is 0 Å². The number of amides is 1. The molecule has 116 valence electrons. The van der Waals surface area contributed by atoms with E-state index in [-0.39, 0.29) is 17.7 Å². The molecule has 1 amide bonds. The van der Waals surface area contributed by atoms with Gasteiger partial charge in [-0.05, 0) is 44.5 Å². The number of phenols is 1. The number of alkyl carbamates (subject to hydrolysis) is 1. The van der Waals surface area contributed by atoms with Crippen LogP contribution in [0.5, 0.6) is 5.75 Å². The standard InChI is InChI=1S/C14H18FNO5/c1-14(2,3)21-13(20)16-10(12(18)19)7-8-6-9(15)4-5-11(8)17/h4-6,10,17H,7H2,1-3H3,(H,16,20)(H,18,19). The van der Waals surface area contributed by atoms with Crippen LogP contribution < -0.4 is 5.32 Å². The quantitative estimate of drug-likeness (QED) is 0.790. The topological polar surface area (TPSA) is 95.9 Å². The van der Waals surface area contributed by atoms with E-state index in [2.05, 4.69) is 5.32 Å². The molecule has 0 fully saturated rings. The van der Waals surface area contributed by atoms with Crippen molar-refractivity contribution in [2.75, 3.05) is 0 Å². The van der Waals surface area contributed by atoms with E-state index in [1.54, 1.807) is 20.8 Å². The molecule has 1 unspecified atom stereocenters. The first kappa shape index (κ1) is 16.7. The van der Waals surface area contributed by atoms with Gasteiger partial charge in [0.2, 0.25) is 0 Å². The Hall–Kier alpha value is -2.31. The molecule has 0 aliphatic rings. The Morgan fingerprint density at radius 2 is 2.00 bits per heavy atom. The smallest absolute Gasteiger partial charge is 0.408 e. The Kier molecular flexibility index (Phi) is 5.12. The number of benzene rings is 1. The largest absolute Gasteiger partial charge is 0.508 e. The molecule has 0 aliphatic heterocycles. The van der Waals surface area contributed by atoms with Crippen molar-refractivity contribution in [3.8, 4) is 5.75 Å². The fourth-order valence-corrected chi connectivity index (χ4v) is 1.59. The summed E-state index contributed by atoms with van der Waals surface area (Å²) < 4.78 is 18.1. The maximum atomic E-state index is 13.1. The average Bonchev–Trinajstić information content (AvgIpc) is 2.30. The highest BCUT2D eigenvalue weighted by Crippen LogP contribution is 2.19. The third-order valence-electron chi connectivity index (χ3n) is 2.45. The Morgan fingerprint density at radius 1 is 1.38 bits per heavy atom. The number of halogens is 1. The first-order chi connectivity index (χ1) is 9.58. The van der Waals surface area contributed by atoms with Crippen LogP contribution in [0.2, 0.25) is 0 Å². The lowest BCUT2D eigenvalue weighted by Gasteiger charge is -2.22. The maximum Gasteiger partial charge on any atom is 0.408 e. The zero-order chi connectivity index (χ0) is 16.2. The third-order valence-corrected chi connectivity index (χ3v) is 2.45. The third kappa shape index (κ3) is 5.68. The van der Waals surface area contributed by atoms with E-state index < -0.39 is 29.5 Å². The number of carbonyl (C=O) groups is 2. The summed E-state index contributed by atoms with van der Waals surface area (Å²) in [6.07, 6.45) is -1.16. The van der Waals surface area contributed by atoms with Crippen LogP contribution in [0.3, 0.4) is 0 Å². The van der Waals surface area contributed by atoms with Gasteiger partial charge >= 0.3 is 12.1 Å².